The van der Waals surface area contributed by atoms with Gasteiger partial charge in [0.05, 0.1) is 4.88 Å². The Morgan fingerprint density at radius 1 is 1.43 bits per heavy atom. The third-order valence-corrected chi connectivity index (χ3v) is 5.14. The summed E-state index contributed by atoms with van der Waals surface area (Å²) in [4.78, 5) is 18.5. The van der Waals surface area contributed by atoms with Crippen LogP contribution in [0.15, 0.2) is 18.3 Å². The second-order valence-corrected chi connectivity index (χ2v) is 6.99. The van der Waals surface area contributed by atoms with Gasteiger partial charge in [-0.1, -0.05) is 6.42 Å². The van der Waals surface area contributed by atoms with Gasteiger partial charge in [-0.2, -0.15) is 0 Å². The minimum Gasteiger partial charge on any atom is -0.350 e. The number of hydrogen-bond acceptors (Lipinski definition) is 3. The second kappa shape index (κ2) is 6.02. The van der Waals surface area contributed by atoms with Gasteiger partial charge in [0.25, 0.3) is 5.91 Å². The lowest BCUT2D eigenvalue weighted by Gasteiger charge is -2.26. The van der Waals surface area contributed by atoms with Gasteiger partial charge in [-0.3, -0.25) is 4.79 Å². The van der Waals surface area contributed by atoms with Crippen molar-refractivity contribution in [1.82, 2.24) is 14.9 Å². The molecule has 2 aromatic rings. The predicted molar refractivity (Wildman–Crippen MR) is 84.9 cm³/mol. The summed E-state index contributed by atoms with van der Waals surface area (Å²) in [6.07, 6.45) is 5.75. The molecule has 1 fully saturated rings. The van der Waals surface area contributed by atoms with Crippen molar-refractivity contribution in [2.75, 3.05) is 6.54 Å². The molecule has 21 heavy (non-hydrogen) atoms. The van der Waals surface area contributed by atoms with Crippen LogP contribution in [-0.4, -0.2) is 22.0 Å². The molecule has 0 aromatic carbocycles. The van der Waals surface area contributed by atoms with Gasteiger partial charge in [-0.15, -0.1) is 11.3 Å². The quantitative estimate of drug-likeness (QED) is 0.921. The summed E-state index contributed by atoms with van der Waals surface area (Å²) in [5.74, 6) is 1.84. The topological polar surface area (TPSA) is 46.9 Å². The predicted octanol–water partition coefficient (Wildman–Crippen LogP) is 3.26. The molecule has 1 amide bonds. The molecule has 0 radical (unpaired) electrons. The molecule has 0 aliphatic heterocycles. The van der Waals surface area contributed by atoms with Crippen LogP contribution in [0.2, 0.25) is 0 Å². The van der Waals surface area contributed by atoms with Gasteiger partial charge in [0.15, 0.2) is 0 Å². The van der Waals surface area contributed by atoms with E-state index in [0.717, 1.165) is 16.3 Å². The fraction of sp³-hybridized carbons (Fsp3) is 0.500. The Labute approximate surface area is 129 Å². The van der Waals surface area contributed by atoms with E-state index in [2.05, 4.69) is 21.8 Å². The van der Waals surface area contributed by atoms with Gasteiger partial charge < -0.3 is 9.88 Å². The van der Waals surface area contributed by atoms with Gasteiger partial charge in [-0.05, 0) is 38.8 Å². The first-order valence-electron chi connectivity index (χ1n) is 7.52. The van der Waals surface area contributed by atoms with Crippen molar-refractivity contribution in [1.29, 1.82) is 0 Å². The molecule has 0 bridgehead atoms. The highest BCUT2D eigenvalue weighted by atomic mass is 32.1. The van der Waals surface area contributed by atoms with Crippen LogP contribution in [0.25, 0.3) is 0 Å². The number of carbonyl (C=O) groups is 1. The van der Waals surface area contributed by atoms with Crippen LogP contribution in [0.5, 0.6) is 0 Å². The van der Waals surface area contributed by atoms with Crippen LogP contribution in [0.3, 0.4) is 0 Å². The summed E-state index contributed by atoms with van der Waals surface area (Å²) in [6, 6.07) is 3.87. The molecule has 4 nitrogen and oxygen atoms in total. The number of carbonyl (C=O) groups excluding carboxylic acids is 1. The Morgan fingerprint density at radius 2 is 2.24 bits per heavy atom. The number of aryl methyl sites for hydroxylation is 2. The molecule has 2 heterocycles. The molecule has 1 aliphatic rings. The average Bonchev–Trinajstić information content (AvgIpc) is 2.97. The summed E-state index contributed by atoms with van der Waals surface area (Å²) in [5, 5.41) is 3.00. The van der Waals surface area contributed by atoms with Crippen LogP contribution in [-0.2, 0) is 6.54 Å². The first-order chi connectivity index (χ1) is 10.1. The van der Waals surface area contributed by atoms with E-state index in [1.165, 1.54) is 42.1 Å². The monoisotopic (exact) mass is 303 g/mol. The molecule has 2 aromatic heterocycles. The molecule has 3 rings (SSSR count). The molecule has 0 spiro atoms. The largest absolute Gasteiger partial charge is 0.350 e. The zero-order valence-electron chi connectivity index (χ0n) is 12.6. The number of aromatic nitrogens is 2. The van der Waals surface area contributed by atoms with Crippen LogP contribution >= 0.6 is 11.3 Å². The summed E-state index contributed by atoms with van der Waals surface area (Å²) < 4.78 is 2.25. The van der Waals surface area contributed by atoms with Crippen molar-refractivity contribution in [3.63, 3.8) is 0 Å². The normalized spacial score (nSPS) is 15.0. The maximum Gasteiger partial charge on any atom is 0.261 e. The van der Waals surface area contributed by atoms with E-state index in [-0.39, 0.29) is 5.91 Å². The molecule has 5 heteroatoms. The number of hydrogen-bond donors (Lipinski definition) is 1. The molecule has 0 unspecified atom stereocenters. The zero-order valence-corrected chi connectivity index (χ0v) is 13.4. The first-order valence-corrected chi connectivity index (χ1v) is 8.33. The van der Waals surface area contributed by atoms with Gasteiger partial charge in [0.1, 0.15) is 5.82 Å². The van der Waals surface area contributed by atoms with E-state index in [1.807, 2.05) is 25.3 Å². The first kappa shape index (κ1) is 14.3. The zero-order chi connectivity index (χ0) is 14.8. The second-order valence-electron chi connectivity index (χ2n) is 5.70. The van der Waals surface area contributed by atoms with Crippen LogP contribution < -0.4 is 5.32 Å². The SMILES string of the molecule is Cc1ccc(C(=O)NCCn2c(C)cnc2C2CCC2)s1. The summed E-state index contributed by atoms with van der Waals surface area (Å²) >= 11 is 1.54. The highest BCUT2D eigenvalue weighted by Crippen LogP contribution is 2.35. The van der Waals surface area contributed by atoms with Gasteiger partial charge in [-0.25, -0.2) is 4.98 Å². The molecule has 1 aliphatic carbocycles. The third kappa shape index (κ3) is 3.02. The van der Waals surface area contributed by atoms with Crippen LogP contribution in [0, 0.1) is 13.8 Å². The van der Waals surface area contributed by atoms with E-state index in [9.17, 15) is 4.79 Å². The van der Waals surface area contributed by atoms with Crippen molar-refractivity contribution >= 4 is 17.2 Å². The van der Waals surface area contributed by atoms with Crippen LogP contribution in [0.1, 0.15) is 51.2 Å². The maximum atomic E-state index is 12.0. The number of imidazole rings is 1. The van der Waals surface area contributed by atoms with E-state index in [0.29, 0.717) is 12.5 Å². The molecule has 0 atom stereocenters. The number of thiophene rings is 1. The molecular formula is C16H21N3OS. The third-order valence-electron chi connectivity index (χ3n) is 4.14. The van der Waals surface area contributed by atoms with Gasteiger partial charge >= 0.3 is 0 Å². The Morgan fingerprint density at radius 3 is 2.86 bits per heavy atom. The number of nitrogens with one attached hydrogen (secondary N) is 1. The number of nitrogens with zero attached hydrogens (tertiary/aromatic N) is 2. The minimum absolute atomic E-state index is 0.0241. The molecule has 1 saturated carbocycles. The van der Waals surface area contributed by atoms with Crippen molar-refractivity contribution in [3.8, 4) is 0 Å². The fourth-order valence-corrected chi connectivity index (χ4v) is 3.47. The van der Waals surface area contributed by atoms with Crippen LogP contribution in [0.4, 0.5) is 0 Å². The van der Waals surface area contributed by atoms with E-state index < -0.39 is 0 Å². The summed E-state index contributed by atoms with van der Waals surface area (Å²) in [6.45, 7) is 5.54. The lowest BCUT2D eigenvalue weighted by Crippen LogP contribution is -2.28. The van der Waals surface area contributed by atoms with Crippen molar-refractivity contribution in [2.24, 2.45) is 0 Å². The molecule has 112 valence electrons. The highest BCUT2D eigenvalue weighted by molar-refractivity contribution is 7.13. The van der Waals surface area contributed by atoms with Crippen molar-refractivity contribution in [3.05, 3.63) is 39.6 Å². The number of amides is 1. The van der Waals surface area contributed by atoms with Gasteiger partial charge in [0.2, 0.25) is 0 Å². The molecule has 1 N–H and O–H groups in total. The number of rotatable bonds is 5. The smallest absolute Gasteiger partial charge is 0.261 e. The van der Waals surface area contributed by atoms with E-state index in [1.54, 1.807) is 0 Å². The fourth-order valence-electron chi connectivity index (χ4n) is 2.69. The Balaban J connectivity index is 1.58. The lowest BCUT2D eigenvalue weighted by molar-refractivity contribution is 0.0956. The standard InChI is InChI=1S/C16H21N3OS/c1-11-10-18-15(13-4-3-5-13)19(11)9-8-17-16(20)14-7-6-12(2)21-14/h6-7,10,13H,3-5,8-9H2,1-2H3,(H,17,20). The van der Waals surface area contributed by atoms with Crippen molar-refractivity contribution < 1.29 is 4.79 Å². The Hall–Kier alpha value is -1.62. The van der Waals surface area contributed by atoms with Gasteiger partial charge in [0, 0.05) is 35.8 Å². The average molecular weight is 303 g/mol. The molecular weight excluding hydrogens is 282 g/mol. The lowest BCUT2D eigenvalue weighted by atomic mass is 9.85. The Bertz CT molecular complexity index is 640. The summed E-state index contributed by atoms with van der Waals surface area (Å²) in [7, 11) is 0. The molecule has 0 saturated heterocycles. The van der Waals surface area contributed by atoms with Crippen molar-refractivity contribution in [2.45, 2.75) is 45.6 Å². The minimum atomic E-state index is 0.0241. The van der Waals surface area contributed by atoms with E-state index >= 15 is 0 Å². The summed E-state index contributed by atoms with van der Waals surface area (Å²) in [5.41, 5.74) is 1.18. The maximum absolute atomic E-state index is 12.0. The van der Waals surface area contributed by atoms with E-state index in [4.69, 9.17) is 0 Å². The Kier molecular flexibility index (Phi) is 4.10. The highest BCUT2D eigenvalue weighted by Gasteiger charge is 2.24.